The van der Waals surface area contributed by atoms with Crippen molar-refractivity contribution in [3.05, 3.63) is 36.5 Å². The number of imide groups is 1. The van der Waals surface area contributed by atoms with Gasteiger partial charge in [0.1, 0.15) is 0 Å². The van der Waals surface area contributed by atoms with Crippen LogP contribution in [0.15, 0.2) is 36.5 Å². The Morgan fingerprint density at radius 3 is 2.31 bits per heavy atom. The first-order chi connectivity index (χ1) is 13.6. The van der Waals surface area contributed by atoms with Gasteiger partial charge in [0.25, 0.3) is 11.8 Å². The van der Waals surface area contributed by atoms with E-state index in [9.17, 15) is 14.4 Å². The molecule has 5 heteroatoms. The van der Waals surface area contributed by atoms with Crippen LogP contribution in [0.25, 0.3) is 0 Å². The van der Waals surface area contributed by atoms with Crippen LogP contribution in [0.2, 0.25) is 0 Å². The predicted molar refractivity (Wildman–Crippen MR) is 116 cm³/mol. The predicted octanol–water partition coefficient (Wildman–Crippen LogP) is 4.11. The molecule has 0 aromatic heterocycles. The Bertz CT molecular complexity index is 716. The number of carbonyl (C=O) groups excluding carboxylic acids is 3. The van der Waals surface area contributed by atoms with E-state index in [0.29, 0.717) is 18.3 Å². The molecule has 1 heterocycles. The van der Waals surface area contributed by atoms with Gasteiger partial charge in [-0.25, -0.2) is 0 Å². The minimum Gasteiger partial charge on any atom is -0.339 e. The maximum absolute atomic E-state index is 13.2. The summed E-state index contributed by atoms with van der Waals surface area (Å²) >= 11 is 0. The molecule has 0 bridgehead atoms. The second-order valence-electron chi connectivity index (χ2n) is 8.99. The first-order valence-corrected chi connectivity index (χ1v) is 10.7. The van der Waals surface area contributed by atoms with E-state index in [4.69, 9.17) is 0 Å². The third-order valence-corrected chi connectivity index (χ3v) is 7.05. The normalized spacial score (nSPS) is 28.1. The molecule has 2 rings (SSSR count). The second kappa shape index (κ2) is 9.10. The molecule has 0 radical (unpaired) electrons. The number of allylic oxidation sites excluding steroid dienone is 2. The quantitative estimate of drug-likeness (QED) is 0.367. The van der Waals surface area contributed by atoms with Crippen LogP contribution in [0.3, 0.4) is 0 Å². The molecular formula is C24H36N2O3. The molecule has 1 fully saturated rings. The van der Waals surface area contributed by atoms with Crippen molar-refractivity contribution in [1.82, 2.24) is 9.80 Å². The van der Waals surface area contributed by atoms with Crippen LogP contribution in [0, 0.1) is 17.8 Å². The Morgan fingerprint density at radius 1 is 1.24 bits per heavy atom. The molecule has 0 aromatic carbocycles. The van der Waals surface area contributed by atoms with Gasteiger partial charge in [-0.3, -0.25) is 19.3 Å². The zero-order chi connectivity index (χ0) is 21.9. The highest BCUT2D eigenvalue weighted by atomic mass is 16.2. The monoisotopic (exact) mass is 400 g/mol. The number of amides is 3. The lowest BCUT2D eigenvalue weighted by Gasteiger charge is -2.52. The van der Waals surface area contributed by atoms with Gasteiger partial charge in [-0.05, 0) is 44.9 Å². The molecule has 1 aliphatic carbocycles. The highest BCUT2D eigenvalue weighted by molar-refractivity contribution is 6.13. The summed E-state index contributed by atoms with van der Waals surface area (Å²) in [5.74, 6) is 0.461. The number of rotatable bonds is 7. The van der Waals surface area contributed by atoms with Crippen LogP contribution in [-0.4, -0.2) is 46.1 Å². The molecule has 0 saturated heterocycles. The maximum atomic E-state index is 13.2. The first kappa shape index (κ1) is 23.1. The summed E-state index contributed by atoms with van der Waals surface area (Å²) in [6, 6.07) is -0.0451. The number of hydrogen-bond donors (Lipinski definition) is 0. The van der Waals surface area contributed by atoms with E-state index >= 15 is 0 Å². The maximum Gasteiger partial charge on any atom is 0.254 e. The zero-order valence-electron chi connectivity index (χ0n) is 18.8. The van der Waals surface area contributed by atoms with Crippen molar-refractivity contribution in [3.8, 4) is 0 Å². The van der Waals surface area contributed by atoms with Crippen molar-refractivity contribution in [1.29, 1.82) is 0 Å². The average Bonchev–Trinajstić information content (AvgIpc) is 3.03. The molecule has 160 valence electrons. The second-order valence-corrected chi connectivity index (χ2v) is 8.99. The summed E-state index contributed by atoms with van der Waals surface area (Å²) in [5, 5.41) is 0. The van der Waals surface area contributed by atoms with E-state index in [0.717, 1.165) is 24.8 Å². The van der Waals surface area contributed by atoms with Crippen LogP contribution >= 0.6 is 0 Å². The van der Waals surface area contributed by atoms with E-state index in [1.54, 1.807) is 12.2 Å². The van der Waals surface area contributed by atoms with Gasteiger partial charge in [-0.2, -0.15) is 0 Å². The largest absolute Gasteiger partial charge is 0.339 e. The van der Waals surface area contributed by atoms with Crippen molar-refractivity contribution < 1.29 is 14.4 Å². The van der Waals surface area contributed by atoms with Gasteiger partial charge < -0.3 is 4.90 Å². The number of likely N-dealkylation sites (N-methyl/N-ethyl adjacent to an activating group) is 1. The van der Waals surface area contributed by atoms with Gasteiger partial charge in [0, 0.05) is 36.7 Å². The Hall–Kier alpha value is -2.17. The van der Waals surface area contributed by atoms with Crippen LogP contribution in [-0.2, 0) is 14.4 Å². The van der Waals surface area contributed by atoms with Crippen molar-refractivity contribution in [2.45, 2.75) is 71.9 Å². The van der Waals surface area contributed by atoms with Crippen LogP contribution in [0.4, 0.5) is 0 Å². The lowest BCUT2D eigenvalue weighted by Crippen LogP contribution is -2.61. The zero-order valence-corrected chi connectivity index (χ0v) is 18.8. The summed E-state index contributed by atoms with van der Waals surface area (Å²) in [5.41, 5.74) is 0.0400. The van der Waals surface area contributed by atoms with Gasteiger partial charge in [0.05, 0.1) is 5.54 Å². The molecule has 4 atom stereocenters. The van der Waals surface area contributed by atoms with E-state index in [-0.39, 0.29) is 29.7 Å². The number of hydrogen-bond acceptors (Lipinski definition) is 3. The molecule has 3 unspecified atom stereocenters. The molecule has 2 aliphatic rings. The van der Waals surface area contributed by atoms with Crippen molar-refractivity contribution >= 4 is 17.7 Å². The van der Waals surface area contributed by atoms with Crippen LogP contribution in [0.1, 0.15) is 60.3 Å². The Kier molecular flexibility index (Phi) is 7.25. The van der Waals surface area contributed by atoms with Gasteiger partial charge >= 0.3 is 0 Å². The molecule has 0 spiro atoms. The van der Waals surface area contributed by atoms with Gasteiger partial charge in [0.15, 0.2) is 0 Å². The summed E-state index contributed by atoms with van der Waals surface area (Å²) < 4.78 is 0. The van der Waals surface area contributed by atoms with Crippen molar-refractivity contribution in [3.63, 3.8) is 0 Å². The summed E-state index contributed by atoms with van der Waals surface area (Å²) in [4.78, 5) is 41.3. The smallest absolute Gasteiger partial charge is 0.254 e. The fourth-order valence-corrected chi connectivity index (χ4v) is 5.20. The fraction of sp³-hybridized carbons (Fsp3) is 0.625. The lowest BCUT2D eigenvalue weighted by atomic mass is 9.64. The van der Waals surface area contributed by atoms with E-state index in [2.05, 4.69) is 20.4 Å². The molecule has 5 nitrogen and oxygen atoms in total. The third-order valence-electron chi connectivity index (χ3n) is 7.05. The molecule has 0 aromatic rings. The van der Waals surface area contributed by atoms with E-state index < -0.39 is 5.54 Å². The van der Waals surface area contributed by atoms with Gasteiger partial charge in [-0.1, -0.05) is 45.9 Å². The topological polar surface area (TPSA) is 57.7 Å². The molecule has 1 aliphatic heterocycles. The minimum absolute atomic E-state index is 0.00227. The van der Waals surface area contributed by atoms with E-state index in [1.165, 1.54) is 17.1 Å². The summed E-state index contributed by atoms with van der Waals surface area (Å²) in [6.07, 6.45) is 9.55. The Morgan fingerprint density at radius 2 is 1.83 bits per heavy atom. The fourth-order valence-electron chi connectivity index (χ4n) is 5.20. The Labute approximate surface area is 175 Å². The Balaban J connectivity index is 2.43. The van der Waals surface area contributed by atoms with Crippen LogP contribution in [0.5, 0.6) is 0 Å². The average molecular weight is 401 g/mol. The molecule has 3 amide bonds. The number of nitrogens with zero attached hydrogens (tertiary/aromatic N) is 2. The molecule has 0 N–H and O–H groups in total. The molecule has 1 saturated carbocycles. The van der Waals surface area contributed by atoms with Gasteiger partial charge in [0.2, 0.25) is 5.91 Å². The number of carbonyl (C=O) groups is 3. The standard InChI is InChI=1S/C24H36N2O3/c1-8-11-17(9-2)23(29)25(7)20-14-16(4)18(10-3)15-19(20)24(5,6)26-21(27)12-13-22(26)28/h8,11-13,16,18-20H,1,9-10,14-15H2,2-7H3/b17-11+/t16?,18?,19?,20-/m0/s1. The molecular weight excluding hydrogens is 364 g/mol. The molecule has 29 heavy (non-hydrogen) atoms. The highest BCUT2D eigenvalue weighted by Crippen LogP contribution is 2.45. The lowest BCUT2D eigenvalue weighted by molar-refractivity contribution is -0.149. The van der Waals surface area contributed by atoms with Crippen LogP contribution < -0.4 is 0 Å². The van der Waals surface area contributed by atoms with Crippen molar-refractivity contribution in [2.75, 3.05) is 7.05 Å². The van der Waals surface area contributed by atoms with Gasteiger partial charge in [-0.15, -0.1) is 0 Å². The third kappa shape index (κ3) is 4.39. The van der Waals surface area contributed by atoms with E-state index in [1.807, 2.05) is 32.7 Å². The first-order valence-electron chi connectivity index (χ1n) is 10.7. The SMILES string of the molecule is C=C/C=C(\CC)C(=O)N(C)[C@H]1CC(C)C(CC)CC1C(C)(C)N1C(=O)C=CC1=O. The summed E-state index contributed by atoms with van der Waals surface area (Å²) in [6.45, 7) is 14.1. The van der Waals surface area contributed by atoms with Crippen molar-refractivity contribution in [2.24, 2.45) is 17.8 Å². The summed E-state index contributed by atoms with van der Waals surface area (Å²) in [7, 11) is 1.85. The minimum atomic E-state index is -0.682. The highest BCUT2D eigenvalue weighted by Gasteiger charge is 2.50.